The quantitative estimate of drug-likeness (QED) is 0.842. The second kappa shape index (κ2) is 7.15. The van der Waals surface area contributed by atoms with Gasteiger partial charge in [-0.2, -0.15) is 0 Å². The lowest BCUT2D eigenvalue weighted by molar-refractivity contribution is -0.146. The molecule has 5 nitrogen and oxygen atoms in total. The molecule has 0 spiro atoms. The number of rotatable bonds is 3. The topological polar surface area (TPSA) is 49.9 Å². The summed E-state index contributed by atoms with van der Waals surface area (Å²) in [6, 6.07) is 7.96. The van der Waals surface area contributed by atoms with Gasteiger partial charge in [0.25, 0.3) is 0 Å². The summed E-state index contributed by atoms with van der Waals surface area (Å²) in [4.78, 5) is 29.8. The van der Waals surface area contributed by atoms with Gasteiger partial charge in [-0.25, -0.2) is 0 Å². The van der Waals surface area contributed by atoms with E-state index in [0.717, 1.165) is 16.3 Å². The number of fused-ring (bicyclic) bond motifs is 1. The van der Waals surface area contributed by atoms with Crippen molar-refractivity contribution in [1.29, 1.82) is 0 Å². The summed E-state index contributed by atoms with van der Waals surface area (Å²) in [5.41, 5.74) is 0.666. The van der Waals surface area contributed by atoms with Crippen LogP contribution >= 0.6 is 11.8 Å². The third-order valence-electron chi connectivity index (χ3n) is 4.36. The molecule has 2 aliphatic rings. The van der Waals surface area contributed by atoms with Crippen molar-refractivity contribution in [3.63, 3.8) is 0 Å². The van der Waals surface area contributed by atoms with Crippen molar-refractivity contribution in [3.8, 4) is 0 Å². The van der Waals surface area contributed by atoms with Crippen molar-refractivity contribution < 1.29 is 14.3 Å². The van der Waals surface area contributed by atoms with Gasteiger partial charge >= 0.3 is 0 Å². The lowest BCUT2D eigenvalue weighted by Crippen LogP contribution is -2.50. The Balaban J connectivity index is 1.57. The third kappa shape index (κ3) is 3.92. The number of benzene rings is 1. The number of anilines is 1. The molecule has 2 amide bonds. The Bertz CT molecular complexity index is 632. The van der Waals surface area contributed by atoms with Gasteiger partial charge in [0.1, 0.15) is 0 Å². The average molecular weight is 348 g/mol. The lowest BCUT2D eigenvalue weighted by atomic mass is 10.1. The first-order valence-corrected chi connectivity index (χ1v) is 9.39. The number of hydrogen-bond donors (Lipinski definition) is 0. The fourth-order valence-corrected chi connectivity index (χ4v) is 4.16. The molecule has 0 aromatic heterocycles. The Kier molecular flexibility index (Phi) is 5.15. The zero-order valence-electron chi connectivity index (χ0n) is 14.3. The van der Waals surface area contributed by atoms with Crippen LogP contribution in [0.5, 0.6) is 0 Å². The molecule has 1 saturated heterocycles. The molecular weight excluding hydrogens is 324 g/mol. The highest BCUT2D eigenvalue weighted by atomic mass is 32.2. The third-order valence-corrected chi connectivity index (χ3v) is 5.40. The van der Waals surface area contributed by atoms with Crippen LogP contribution in [0.4, 0.5) is 5.69 Å². The van der Waals surface area contributed by atoms with Crippen LogP contribution in [0.3, 0.4) is 0 Å². The number of nitrogens with zero attached hydrogens (tertiary/aromatic N) is 2. The molecule has 0 N–H and O–H groups in total. The van der Waals surface area contributed by atoms with Gasteiger partial charge in [0.05, 0.1) is 17.9 Å². The maximum absolute atomic E-state index is 12.6. The number of carbonyl (C=O) groups excluding carboxylic acids is 2. The molecule has 1 aromatic carbocycles. The van der Waals surface area contributed by atoms with E-state index in [9.17, 15) is 9.59 Å². The average Bonchev–Trinajstić information content (AvgIpc) is 2.58. The van der Waals surface area contributed by atoms with Crippen molar-refractivity contribution in [2.45, 2.75) is 37.2 Å². The number of carbonyl (C=O) groups is 2. The maximum atomic E-state index is 12.6. The fraction of sp³-hybridized carbons (Fsp3) is 0.556. The minimum Gasteiger partial charge on any atom is -0.372 e. The van der Waals surface area contributed by atoms with E-state index in [-0.39, 0.29) is 30.3 Å². The molecule has 1 aromatic rings. The Morgan fingerprint density at radius 3 is 2.71 bits per heavy atom. The van der Waals surface area contributed by atoms with Crippen LogP contribution in [0.1, 0.15) is 26.7 Å². The summed E-state index contributed by atoms with van der Waals surface area (Å²) in [7, 11) is 0. The fourth-order valence-electron chi connectivity index (χ4n) is 3.16. The second-order valence-electron chi connectivity index (χ2n) is 6.79. The molecule has 3 rings (SSSR count). The van der Waals surface area contributed by atoms with Crippen molar-refractivity contribution >= 4 is 29.3 Å². The van der Waals surface area contributed by atoms with Crippen molar-refractivity contribution in [2.24, 2.45) is 0 Å². The molecule has 0 bridgehead atoms. The number of morpholine rings is 1. The molecule has 2 heterocycles. The minimum atomic E-state index is -0.305. The highest BCUT2D eigenvalue weighted by Gasteiger charge is 2.30. The number of ether oxygens (including phenoxy) is 1. The highest BCUT2D eigenvalue weighted by Crippen LogP contribution is 2.34. The summed E-state index contributed by atoms with van der Waals surface area (Å²) in [6.45, 7) is 6.44. The molecular formula is C18H24N2O3S. The van der Waals surface area contributed by atoms with Gasteiger partial charge in [0, 0.05) is 43.1 Å². The lowest BCUT2D eigenvalue weighted by Gasteiger charge is -2.38. The van der Waals surface area contributed by atoms with E-state index < -0.39 is 0 Å². The minimum absolute atomic E-state index is 0.0311. The molecule has 130 valence electrons. The van der Waals surface area contributed by atoms with Crippen molar-refractivity contribution in [1.82, 2.24) is 4.90 Å². The molecule has 1 fully saturated rings. The van der Waals surface area contributed by atoms with Crippen LogP contribution in [0, 0.1) is 0 Å². The Hall–Kier alpha value is -1.53. The van der Waals surface area contributed by atoms with Gasteiger partial charge in [-0.15, -0.1) is 11.8 Å². The van der Waals surface area contributed by atoms with E-state index in [4.69, 9.17) is 4.74 Å². The molecule has 0 aliphatic carbocycles. The molecule has 0 unspecified atom stereocenters. The predicted octanol–water partition coefficient (Wildman–Crippen LogP) is 2.54. The zero-order valence-corrected chi connectivity index (χ0v) is 15.1. The number of thioether (sulfide) groups is 1. The van der Waals surface area contributed by atoms with Gasteiger partial charge in [-0.1, -0.05) is 12.1 Å². The first kappa shape index (κ1) is 17.3. The van der Waals surface area contributed by atoms with Crippen LogP contribution in [0.15, 0.2) is 29.2 Å². The Morgan fingerprint density at radius 1 is 1.17 bits per heavy atom. The predicted molar refractivity (Wildman–Crippen MR) is 95.4 cm³/mol. The van der Waals surface area contributed by atoms with E-state index in [1.54, 1.807) is 11.8 Å². The summed E-state index contributed by atoms with van der Waals surface area (Å²) in [6.07, 6.45) is 0.524. The number of para-hydroxylation sites is 1. The van der Waals surface area contributed by atoms with Crippen LogP contribution in [-0.2, 0) is 14.3 Å². The van der Waals surface area contributed by atoms with E-state index >= 15 is 0 Å². The summed E-state index contributed by atoms with van der Waals surface area (Å²) >= 11 is 1.77. The maximum Gasteiger partial charge on any atom is 0.227 e. The molecule has 24 heavy (non-hydrogen) atoms. The van der Waals surface area contributed by atoms with Crippen molar-refractivity contribution in [3.05, 3.63) is 24.3 Å². The molecule has 0 saturated carbocycles. The molecule has 0 atom stereocenters. The van der Waals surface area contributed by atoms with Gasteiger partial charge in [0.2, 0.25) is 11.8 Å². The van der Waals surface area contributed by atoms with Gasteiger partial charge < -0.3 is 14.5 Å². The van der Waals surface area contributed by atoms with Gasteiger partial charge in [-0.05, 0) is 26.0 Å². The number of hydrogen-bond acceptors (Lipinski definition) is 4. The summed E-state index contributed by atoms with van der Waals surface area (Å²) in [5, 5.41) is 0. The number of amides is 2. The Morgan fingerprint density at radius 2 is 1.92 bits per heavy atom. The van der Waals surface area contributed by atoms with Gasteiger partial charge in [-0.3, -0.25) is 9.59 Å². The monoisotopic (exact) mass is 348 g/mol. The van der Waals surface area contributed by atoms with Crippen LogP contribution in [-0.4, -0.2) is 54.3 Å². The van der Waals surface area contributed by atoms with E-state index in [0.29, 0.717) is 26.2 Å². The first-order chi connectivity index (χ1) is 11.5. The van der Waals surface area contributed by atoms with Crippen molar-refractivity contribution in [2.75, 3.05) is 36.9 Å². The standard InChI is InChI=1S/C18H24N2O3S/c1-18(2)13-19(9-11-23-18)16(21)7-8-17(22)20-10-12-24-15-6-4-3-5-14(15)20/h3-6H,7-13H2,1-2H3. The summed E-state index contributed by atoms with van der Waals surface area (Å²) in [5.74, 6) is 0.969. The van der Waals surface area contributed by atoms with E-state index in [1.807, 2.05) is 47.9 Å². The largest absolute Gasteiger partial charge is 0.372 e. The first-order valence-electron chi connectivity index (χ1n) is 8.40. The highest BCUT2D eigenvalue weighted by molar-refractivity contribution is 7.99. The summed E-state index contributed by atoms with van der Waals surface area (Å²) < 4.78 is 5.63. The zero-order chi connectivity index (χ0) is 17.2. The SMILES string of the molecule is CC1(C)CN(C(=O)CCC(=O)N2CCSc3ccccc32)CCO1. The molecule has 0 radical (unpaired) electrons. The normalized spacial score (nSPS) is 19.8. The molecule has 2 aliphatic heterocycles. The second-order valence-corrected chi connectivity index (χ2v) is 7.92. The van der Waals surface area contributed by atoms with Crippen LogP contribution in [0.2, 0.25) is 0 Å². The smallest absolute Gasteiger partial charge is 0.227 e. The van der Waals surface area contributed by atoms with E-state index in [1.165, 1.54) is 0 Å². The van der Waals surface area contributed by atoms with E-state index in [2.05, 4.69) is 0 Å². The Labute approximate surface area is 147 Å². The van der Waals surface area contributed by atoms with Crippen LogP contribution < -0.4 is 4.90 Å². The van der Waals surface area contributed by atoms with Crippen LogP contribution in [0.25, 0.3) is 0 Å². The molecule has 6 heteroatoms. The van der Waals surface area contributed by atoms with Gasteiger partial charge in [0.15, 0.2) is 0 Å².